The van der Waals surface area contributed by atoms with Crippen LogP contribution in [0.15, 0.2) is 54.6 Å². The molecule has 0 bridgehead atoms. The minimum atomic E-state index is -1.31. The lowest BCUT2D eigenvalue weighted by Crippen LogP contribution is -2.49. The van der Waals surface area contributed by atoms with E-state index in [9.17, 15) is 30.6 Å². The maximum Gasteiger partial charge on any atom is 0.127 e. The molecule has 3 aromatic heterocycles. The Labute approximate surface area is 196 Å². The Kier molecular flexibility index (Phi) is 8.45. The summed E-state index contributed by atoms with van der Waals surface area (Å²) in [7, 11) is 0. The van der Waals surface area contributed by atoms with Crippen LogP contribution >= 0.6 is 0 Å². The molecule has 0 aliphatic carbocycles. The first-order valence-electron chi connectivity index (χ1n) is 10.6. The SMILES string of the molecule is OCC(CO)(CO)Nc1cccc(-c2cccc(-c3cccc(NC(CO)(CO)CO)n3)n2)n1. The van der Waals surface area contributed by atoms with Gasteiger partial charge in [0, 0.05) is 0 Å². The van der Waals surface area contributed by atoms with Gasteiger partial charge < -0.3 is 41.3 Å². The third kappa shape index (κ3) is 5.65. The van der Waals surface area contributed by atoms with Crippen molar-refractivity contribution in [2.75, 3.05) is 50.3 Å². The van der Waals surface area contributed by atoms with Crippen LogP contribution in [-0.2, 0) is 0 Å². The quantitative estimate of drug-likeness (QED) is 0.170. The molecule has 0 aromatic carbocycles. The minimum absolute atomic E-state index is 0.347. The van der Waals surface area contributed by atoms with Gasteiger partial charge in [0.15, 0.2) is 0 Å². The van der Waals surface area contributed by atoms with E-state index in [1.807, 2.05) is 0 Å². The number of hydrogen-bond acceptors (Lipinski definition) is 11. The molecule has 11 nitrogen and oxygen atoms in total. The van der Waals surface area contributed by atoms with E-state index in [4.69, 9.17) is 0 Å². The van der Waals surface area contributed by atoms with Gasteiger partial charge >= 0.3 is 0 Å². The monoisotopic (exact) mass is 471 g/mol. The Morgan fingerprint density at radius 1 is 0.471 bits per heavy atom. The van der Waals surface area contributed by atoms with Gasteiger partial charge in [-0.3, -0.25) is 0 Å². The first-order valence-corrected chi connectivity index (χ1v) is 10.6. The summed E-state index contributed by atoms with van der Waals surface area (Å²) in [5.74, 6) is 0.694. The van der Waals surface area contributed by atoms with Crippen LogP contribution in [0, 0.1) is 0 Å². The van der Waals surface area contributed by atoms with Gasteiger partial charge in [0.25, 0.3) is 0 Å². The van der Waals surface area contributed by atoms with Crippen LogP contribution in [-0.4, -0.2) is 96.3 Å². The first-order chi connectivity index (χ1) is 16.5. The molecule has 3 heterocycles. The Bertz CT molecular complexity index is 978. The molecule has 0 spiro atoms. The Morgan fingerprint density at radius 3 is 1.09 bits per heavy atom. The molecule has 0 aliphatic heterocycles. The van der Waals surface area contributed by atoms with Gasteiger partial charge in [0.1, 0.15) is 22.7 Å². The van der Waals surface area contributed by atoms with Crippen molar-refractivity contribution in [1.82, 2.24) is 15.0 Å². The van der Waals surface area contributed by atoms with Crippen molar-refractivity contribution in [3.63, 3.8) is 0 Å². The highest BCUT2D eigenvalue weighted by Gasteiger charge is 2.29. The molecule has 0 unspecified atom stereocenters. The predicted octanol–water partition coefficient (Wildman–Crippen LogP) is -0.539. The molecule has 0 amide bonds. The third-order valence-corrected chi connectivity index (χ3v) is 5.37. The van der Waals surface area contributed by atoms with E-state index in [1.165, 1.54) is 0 Å². The fraction of sp³-hybridized carbons (Fsp3) is 0.348. The Morgan fingerprint density at radius 2 is 0.765 bits per heavy atom. The lowest BCUT2D eigenvalue weighted by molar-refractivity contribution is 0.0827. The summed E-state index contributed by atoms with van der Waals surface area (Å²) in [5.41, 5.74) is -0.512. The molecular formula is C23H29N5O6. The van der Waals surface area contributed by atoms with E-state index >= 15 is 0 Å². The number of hydrogen-bond donors (Lipinski definition) is 8. The summed E-state index contributed by atoms with van der Waals surface area (Å²) in [6.07, 6.45) is 0. The molecule has 0 saturated heterocycles. The molecule has 0 saturated carbocycles. The van der Waals surface area contributed by atoms with Gasteiger partial charge in [-0.15, -0.1) is 0 Å². The highest BCUT2D eigenvalue weighted by atomic mass is 16.3. The zero-order valence-electron chi connectivity index (χ0n) is 18.5. The Balaban J connectivity index is 1.89. The number of aromatic nitrogens is 3. The second kappa shape index (κ2) is 11.3. The van der Waals surface area contributed by atoms with Crippen molar-refractivity contribution < 1.29 is 30.6 Å². The zero-order valence-corrected chi connectivity index (χ0v) is 18.5. The average molecular weight is 472 g/mol. The van der Waals surface area contributed by atoms with Gasteiger partial charge in [-0.05, 0) is 36.4 Å². The summed E-state index contributed by atoms with van der Waals surface area (Å²) in [6.45, 7) is -2.92. The van der Waals surface area contributed by atoms with Crippen molar-refractivity contribution in [2.24, 2.45) is 0 Å². The van der Waals surface area contributed by atoms with E-state index in [2.05, 4.69) is 25.6 Å². The molecule has 0 fully saturated rings. The summed E-state index contributed by atoms with van der Waals surface area (Å²) in [5, 5.41) is 63.1. The van der Waals surface area contributed by atoms with E-state index in [1.54, 1.807) is 54.6 Å². The molecule has 3 aromatic rings. The Hall–Kier alpha value is -3.19. The first kappa shape index (κ1) is 25.4. The minimum Gasteiger partial charge on any atom is -0.394 e. The van der Waals surface area contributed by atoms with Crippen LogP contribution < -0.4 is 10.6 Å². The van der Waals surface area contributed by atoms with Crippen LogP contribution in [0.4, 0.5) is 11.6 Å². The zero-order chi connectivity index (χ0) is 24.6. The molecule has 34 heavy (non-hydrogen) atoms. The number of nitrogens with one attached hydrogen (secondary N) is 2. The van der Waals surface area contributed by atoms with E-state index in [0.29, 0.717) is 34.4 Å². The second-order valence-electron chi connectivity index (χ2n) is 7.98. The smallest absolute Gasteiger partial charge is 0.127 e. The van der Waals surface area contributed by atoms with E-state index in [0.717, 1.165) is 0 Å². The highest BCUT2D eigenvalue weighted by Crippen LogP contribution is 2.24. The molecule has 0 atom stereocenters. The summed E-state index contributed by atoms with van der Waals surface area (Å²) >= 11 is 0. The van der Waals surface area contributed by atoms with Gasteiger partial charge in [-0.2, -0.15) is 0 Å². The van der Waals surface area contributed by atoms with E-state index < -0.39 is 50.7 Å². The predicted molar refractivity (Wildman–Crippen MR) is 126 cm³/mol. The molecular weight excluding hydrogens is 442 g/mol. The molecule has 0 aliphatic rings. The highest BCUT2D eigenvalue weighted by molar-refractivity contribution is 5.64. The van der Waals surface area contributed by atoms with E-state index in [-0.39, 0.29) is 0 Å². The third-order valence-electron chi connectivity index (χ3n) is 5.37. The van der Waals surface area contributed by atoms with Crippen molar-refractivity contribution >= 4 is 11.6 Å². The maximum atomic E-state index is 9.55. The van der Waals surface area contributed by atoms with Crippen molar-refractivity contribution in [3.8, 4) is 22.8 Å². The maximum absolute atomic E-state index is 9.55. The number of pyridine rings is 3. The van der Waals surface area contributed by atoms with Crippen LogP contribution in [0.1, 0.15) is 0 Å². The molecule has 3 rings (SSSR count). The van der Waals surface area contributed by atoms with Crippen molar-refractivity contribution in [2.45, 2.75) is 11.1 Å². The van der Waals surface area contributed by atoms with Crippen molar-refractivity contribution in [3.05, 3.63) is 54.6 Å². The number of anilines is 2. The van der Waals surface area contributed by atoms with Crippen molar-refractivity contribution in [1.29, 1.82) is 0 Å². The lowest BCUT2D eigenvalue weighted by atomic mass is 10.0. The van der Waals surface area contributed by atoms with Crippen LogP contribution in [0.3, 0.4) is 0 Å². The molecule has 0 radical (unpaired) electrons. The second-order valence-corrected chi connectivity index (χ2v) is 7.98. The summed E-state index contributed by atoms with van der Waals surface area (Å²) in [4.78, 5) is 13.6. The summed E-state index contributed by atoms with van der Waals surface area (Å²) in [6, 6.07) is 15.6. The van der Waals surface area contributed by atoms with Gasteiger partial charge in [-0.1, -0.05) is 18.2 Å². The molecule has 11 heteroatoms. The molecule has 182 valence electrons. The van der Waals surface area contributed by atoms with Crippen LogP contribution in [0.25, 0.3) is 22.8 Å². The summed E-state index contributed by atoms with van der Waals surface area (Å²) < 4.78 is 0. The topological polar surface area (TPSA) is 184 Å². The van der Waals surface area contributed by atoms with Gasteiger partial charge in [-0.25, -0.2) is 15.0 Å². The number of nitrogens with zero attached hydrogens (tertiary/aromatic N) is 3. The number of rotatable bonds is 12. The average Bonchev–Trinajstić information content (AvgIpc) is 2.91. The number of aliphatic hydroxyl groups excluding tert-OH is 6. The standard InChI is InChI=1S/C23H29N5O6/c29-10-22(11-30,12-31)27-20-8-2-6-18(25-20)16-4-1-5-17(24-16)19-7-3-9-21(26-19)28-23(13-32,14-33)15-34/h1-9,29-34H,10-15H2,(H,25,27)(H,26,28). The molecule has 8 N–H and O–H groups in total. The normalized spacial score (nSPS) is 11.9. The fourth-order valence-corrected chi connectivity index (χ4v) is 3.09. The largest absolute Gasteiger partial charge is 0.394 e. The lowest BCUT2D eigenvalue weighted by Gasteiger charge is -2.29. The van der Waals surface area contributed by atoms with Crippen LogP contribution in [0.2, 0.25) is 0 Å². The number of aliphatic hydroxyl groups is 6. The van der Waals surface area contributed by atoms with Gasteiger partial charge in [0.2, 0.25) is 0 Å². The fourth-order valence-electron chi connectivity index (χ4n) is 3.09. The van der Waals surface area contributed by atoms with Crippen LogP contribution in [0.5, 0.6) is 0 Å². The van der Waals surface area contributed by atoms with Gasteiger partial charge in [0.05, 0.1) is 62.4 Å².